The first-order valence-electron chi connectivity index (χ1n) is 7.39. The average molecular weight is 298 g/mol. The van der Waals surface area contributed by atoms with Crippen molar-refractivity contribution < 1.29 is 4.74 Å². The van der Waals surface area contributed by atoms with E-state index in [4.69, 9.17) is 10.5 Å². The van der Waals surface area contributed by atoms with Crippen LogP contribution in [-0.4, -0.2) is 17.6 Å². The fourth-order valence-electron chi connectivity index (χ4n) is 1.87. The molecule has 0 aliphatic rings. The highest BCUT2D eigenvalue weighted by Gasteiger charge is 2.04. The van der Waals surface area contributed by atoms with Gasteiger partial charge in [-0.2, -0.15) is 0 Å². The first kappa shape index (κ1) is 15.8. The summed E-state index contributed by atoms with van der Waals surface area (Å²) >= 11 is 0. The molecule has 0 unspecified atom stereocenters. The third kappa shape index (κ3) is 4.77. The van der Waals surface area contributed by atoms with E-state index in [9.17, 15) is 0 Å². The van der Waals surface area contributed by atoms with Crippen molar-refractivity contribution in [3.8, 4) is 5.88 Å². The number of anilines is 1. The lowest BCUT2D eigenvalue weighted by Crippen LogP contribution is -2.22. The Bertz CT molecular complexity index is 623. The number of ether oxygens (including phenoxy) is 1. The predicted molar refractivity (Wildman–Crippen MR) is 90.2 cm³/mol. The highest BCUT2D eigenvalue weighted by atomic mass is 16.5. The fraction of sp³-hybridized carbons (Fsp3) is 0.294. The fourth-order valence-corrected chi connectivity index (χ4v) is 1.87. The Morgan fingerprint density at radius 1 is 1.27 bits per heavy atom. The Morgan fingerprint density at radius 3 is 2.77 bits per heavy atom. The van der Waals surface area contributed by atoms with E-state index in [0.717, 1.165) is 17.7 Å². The first-order valence-corrected chi connectivity index (χ1v) is 7.39. The maximum Gasteiger partial charge on any atom is 0.218 e. The molecule has 2 rings (SSSR count). The van der Waals surface area contributed by atoms with Crippen molar-refractivity contribution in [3.05, 3.63) is 53.7 Å². The highest BCUT2D eigenvalue weighted by Crippen LogP contribution is 2.15. The van der Waals surface area contributed by atoms with Gasteiger partial charge in [-0.15, -0.1) is 0 Å². The summed E-state index contributed by atoms with van der Waals surface area (Å²) in [5.74, 6) is 0.991. The minimum Gasteiger partial charge on any atom is -0.477 e. The zero-order chi connectivity index (χ0) is 15.8. The molecule has 0 saturated heterocycles. The van der Waals surface area contributed by atoms with E-state index in [0.29, 0.717) is 25.0 Å². The molecule has 0 spiro atoms. The van der Waals surface area contributed by atoms with Crippen LogP contribution in [-0.2, 0) is 6.54 Å². The van der Waals surface area contributed by atoms with Gasteiger partial charge >= 0.3 is 0 Å². The summed E-state index contributed by atoms with van der Waals surface area (Å²) in [6, 6.07) is 11.8. The minimum atomic E-state index is 0.370. The van der Waals surface area contributed by atoms with Crippen molar-refractivity contribution in [1.29, 1.82) is 0 Å². The third-order valence-corrected chi connectivity index (χ3v) is 3.04. The number of pyridine rings is 1. The molecule has 1 heterocycles. The maximum atomic E-state index is 5.92. The number of hydrogen-bond donors (Lipinski definition) is 2. The van der Waals surface area contributed by atoms with Crippen molar-refractivity contribution in [3.63, 3.8) is 0 Å². The van der Waals surface area contributed by atoms with E-state index in [2.05, 4.69) is 22.2 Å². The minimum absolute atomic E-state index is 0.370. The van der Waals surface area contributed by atoms with Crippen molar-refractivity contribution >= 4 is 11.6 Å². The molecule has 5 heteroatoms. The highest BCUT2D eigenvalue weighted by molar-refractivity contribution is 5.92. The molecule has 1 aromatic carbocycles. The average Bonchev–Trinajstić information content (AvgIpc) is 2.54. The van der Waals surface area contributed by atoms with Gasteiger partial charge in [0.1, 0.15) is 0 Å². The summed E-state index contributed by atoms with van der Waals surface area (Å²) in [4.78, 5) is 8.58. The van der Waals surface area contributed by atoms with Crippen LogP contribution in [0.1, 0.15) is 24.5 Å². The van der Waals surface area contributed by atoms with E-state index in [-0.39, 0.29) is 0 Å². The summed E-state index contributed by atoms with van der Waals surface area (Å²) in [6.07, 6.45) is 2.66. The lowest BCUT2D eigenvalue weighted by atomic mass is 10.2. The molecule has 0 fully saturated rings. The normalized spacial score (nSPS) is 11.3. The van der Waals surface area contributed by atoms with Crippen LogP contribution in [0, 0.1) is 6.92 Å². The quantitative estimate of drug-likeness (QED) is 0.635. The van der Waals surface area contributed by atoms with Crippen molar-refractivity contribution in [2.24, 2.45) is 10.7 Å². The van der Waals surface area contributed by atoms with E-state index < -0.39 is 0 Å². The summed E-state index contributed by atoms with van der Waals surface area (Å²) in [5.41, 5.74) is 8.96. The van der Waals surface area contributed by atoms with E-state index in [1.54, 1.807) is 6.20 Å². The van der Waals surface area contributed by atoms with E-state index in [1.165, 1.54) is 5.56 Å². The zero-order valence-corrected chi connectivity index (χ0v) is 13.0. The molecule has 0 aliphatic carbocycles. The van der Waals surface area contributed by atoms with Gasteiger partial charge in [0.05, 0.1) is 13.2 Å². The second kappa shape index (κ2) is 8.02. The molecule has 3 N–H and O–H groups in total. The number of hydrogen-bond acceptors (Lipinski definition) is 3. The van der Waals surface area contributed by atoms with Crippen LogP contribution >= 0.6 is 0 Å². The molecule has 0 amide bonds. The van der Waals surface area contributed by atoms with Gasteiger partial charge in [-0.25, -0.2) is 9.98 Å². The van der Waals surface area contributed by atoms with Crippen LogP contribution in [0.3, 0.4) is 0 Å². The Kier molecular flexibility index (Phi) is 5.77. The lowest BCUT2D eigenvalue weighted by Gasteiger charge is -2.09. The standard InChI is InChI=1S/C17H22N4O/c1-3-11-22-16-14(5-4-10-19-16)12-20-17(18)21-15-8-6-13(2)7-9-15/h4-10H,3,11-12H2,1-2H3,(H3,18,20,21). The summed E-state index contributed by atoms with van der Waals surface area (Å²) in [6.45, 7) is 5.17. The number of aliphatic imine (C=N–C) groups is 1. The van der Waals surface area contributed by atoms with Gasteiger partial charge in [-0.1, -0.05) is 30.7 Å². The van der Waals surface area contributed by atoms with Crippen molar-refractivity contribution in [2.75, 3.05) is 11.9 Å². The second-order valence-electron chi connectivity index (χ2n) is 5.01. The Balaban J connectivity index is 1.99. The molecule has 5 nitrogen and oxygen atoms in total. The van der Waals surface area contributed by atoms with E-state index in [1.807, 2.05) is 43.3 Å². The lowest BCUT2D eigenvalue weighted by molar-refractivity contribution is 0.302. The summed E-state index contributed by atoms with van der Waals surface area (Å²) < 4.78 is 5.61. The van der Waals surface area contributed by atoms with Gasteiger partial charge < -0.3 is 15.8 Å². The molecule has 2 aromatic rings. The molecule has 0 saturated carbocycles. The van der Waals surface area contributed by atoms with Crippen LogP contribution in [0.5, 0.6) is 5.88 Å². The monoisotopic (exact) mass is 298 g/mol. The van der Waals surface area contributed by atoms with Crippen LogP contribution in [0.15, 0.2) is 47.6 Å². The smallest absolute Gasteiger partial charge is 0.218 e. The largest absolute Gasteiger partial charge is 0.477 e. The molecule has 0 bridgehead atoms. The van der Waals surface area contributed by atoms with Gasteiger partial charge in [-0.3, -0.25) is 0 Å². The molecule has 0 aliphatic heterocycles. The topological polar surface area (TPSA) is 72.5 Å². The molecule has 0 radical (unpaired) electrons. The van der Waals surface area contributed by atoms with Crippen LogP contribution < -0.4 is 15.8 Å². The van der Waals surface area contributed by atoms with E-state index >= 15 is 0 Å². The number of rotatable bonds is 6. The molecular weight excluding hydrogens is 276 g/mol. The number of aryl methyl sites for hydroxylation is 1. The van der Waals surface area contributed by atoms with Crippen LogP contribution in [0.4, 0.5) is 5.69 Å². The summed E-state index contributed by atoms with van der Waals surface area (Å²) in [7, 11) is 0. The summed E-state index contributed by atoms with van der Waals surface area (Å²) in [5, 5.41) is 3.07. The van der Waals surface area contributed by atoms with Gasteiger partial charge in [-0.05, 0) is 31.5 Å². The Labute approximate surface area is 131 Å². The molecule has 116 valence electrons. The second-order valence-corrected chi connectivity index (χ2v) is 5.01. The number of nitrogens with two attached hydrogens (primary N) is 1. The first-order chi connectivity index (χ1) is 10.7. The number of nitrogens with one attached hydrogen (secondary N) is 1. The maximum absolute atomic E-state index is 5.92. The van der Waals surface area contributed by atoms with Gasteiger partial charge in [0.2, 0.25) is 5.88 Å². The van der Waals surface area contributed by atoms with Crippen LogP contribution in [0.2, 0.25) is 0 Å². The van der Waals surface area contributed by atoms with Gasteiger partial charge in [0, 0.05) is 17.4 Å². The number of aromatic nitrogens is 1. The predicted octanol–water partition coefficient (Wildman–Crippen LogP) is 3.11. The number of benzene rings is 1. The number of nitrogens with zero attached hydrogens (tertiary/aromatic N) is 2. The SMILES string of the molecule is CCCOc1ncccc1CN=C(N)Nc1ccc(C)cc1. The third-order valence-electron chi connectivity index (χ3n) is 3.04. The van der Waals surface area contributed by atoms with Crippen LogP contribution in [0.25, 0.3) is 0 Å². The Morgan fingerprint density at radius 2 is 2.05 bits per heavy atom. The van der Waals surface area contributed by atoms with Gasteiger partial charge in [0.25, 0.3) is 0 Å². The molecule has 22 heavy (non-hydrogen) atoms. The van der Waals surface area contributed by atoms with Crippen molar-refractivity contribution in [1.82, 2.24) is 4.98 Å². The zero-order valence-electron chi connectivity index (χ0n) is 13.0. The van der Waals surface area contributed by atoms with Gasteiger partial charge in [0.15, 0.2) is 5.96 Å². The van der Waals surface area contributed by atoms with Crippen molar-refractivity contribution in [2.45, 2.75) is 26.8 Å². The molecule has 1 aromatic heterocycles. The molecule has 0 atom stereocenters. The number of guanidine groups is 1. The Hall–Kier alpha value is -2.56. The molecular formula is C17H22N4O.